The number of aromatic amines is 1. The topological polar surface area (TPSA) is 33.6 Å². The zero-order valence-corrected chi connectivity index (χ0v) is 11.6. The molecule has 0 amide bonds. The van der Waals surface area contributed by atoms with Crippen LogP contribution >= 0.6 is 24.0 Å². The number of H-pyrrole nitrogens is 1. The summed E-state index contributed by atoms with van der Waals surface area (Å²) >= 11 is 7.09. The Morgan fingerprint density at radius 2 is 2.13 bits per heavy atom. The maximum absolute atomic E-state index is 5.24. The minimum absolute atomic E-state index is 0.186. The van der Waals surface area contributed by atoms with Crippen LogP contribution in [0.1, 0.15) is 39.4 Å². The molecule has 0 radical (unpaired) electrons. The number of rotatable bonds is 4. The first-order valence-corrected chi connectivity index (χ1v) is 6.71. The van der Waals surface area contributed by atoms with Crippen molar-refractivity contribution in [1.82, 2.24) is 14.8 Å². The molecule has 0 aromatic carbocycles. The summed E-state index contributed by atoms with van der Waals surface area (Å²) in [6.45, 7) is 9.60. The van der Waals surface area contributed by atoms with Gasteiger partial charge in [0.15, 0.2) is 4.77 Å². The van der Waals surface area contributed by atoms with Crippen molar-refractivity contribution in [1.29, 1.82) is 0 Å². The summed E-state index contributed by atoms with van der Waals surface area (Å²) in [5.74, 6) is 1.44. The van der Waals surface area contributed by atoms with E-state index >= 15 is 0 Å². The molecule has 15 heavy (non-hydrogen) atoms. The molecule has 1 N–H and O–H groups in total. The van der Waals surface area contributed by atoms with Crippen LogP contribution in [0.4, 0.5) is 0 Å². The molecule has 0 bridgehead atoms. The standard InChI is InChI=1S/C10H19N3S2/c1-7(2)8-11-12-9(14)13(8)6-10(3,4)15-5/h7H,6H2,1-5H3,(H,12,14). The SMILES string of the molecule is CSC(C)(C)Cn1c(C(C)C)n[nH]c1=S. The molecule has 5 heteroatoms. The van der Waals surface area contributed by atoms with Gasteiger partial charge in [-0.3, -0.25) is 5.10 Å². The summed E-state index contributed by atoms with van der Waals surface area (Å²) in [5.41, 5.74) is 0. The number of hydrogen-bond acceptors (Lipinski definition) is 3. The lowest BCUT2D eigenvalue weighted by Crippen LogP contribution is -2.24. The maximum Gasteiger partial charge on any atom is 0.195 e. The number of thioether (sulfide) groups is 1. The van der Waals surface area contributed by atoms with Crippen LogP contribution in [0.3, 0.4) is 0 Å². The van der Waals surface area contributed by atoms with Gasteiger partial charge in [0, 0.05) is 17.2 Å². The Labute approximate surface area is 101 Å². The Balaban J connectivity index is 3.03. The lowest BCUT2D eigenvalue weighted by Gasteiger charge is -2.23. The Hall–Kier alpha value is -0.290. The highest BCUT2D eigenvalue weighted by molar-refractivity contribution is 7.99. The van der Waals surface area contributed by atoms with Gasteiger partial charge >= 0.3 is 0 Å². The Kier molecular flexibility index (Phi) is 4.00. The summed E-state index contributed by atoms with van der Waals surface area (Å²) < 4.78 is 3.02. The highest BCUT2D eigenvalue weighted by Crippen LogP contribution is 2.25. The highest BCUT2D eigenvalue weighted by atomic mass is 32.2. The van der Waals surface area contributed by atoms with E-state index in [2.05, 4.69) is 48.7 Å². The van der Waals surface area contributed by atoms with E-state index in [-0.39, 0.29) is 4.75 Å². The van der Waals surface area contributed by atoms with E-state index < -0.39 is 0 Å². The van der Waals surface area contributed by atoms with Crippen molar-refractivity contribution in [2.24, 2.45) is 0 Å². The molecule has 0 aliphatic carbocycles. The van der Waals surface area contributed by atoms with Crippen molar-refractivity contribution in [3.8, 4) is 0 Å². The maximum atomic E-state index is 5.24. The summed E-state index contributed by atoms with van der Waals surface area (Å²) in [5, 5.41) is 7.14. The fourth-order valence-electron chi connectivity index (χ4n) is 1.37. The first kappa shape index (κ1) is 12.8. The zero-order chi connectivity index (χ0) is 11.6. The molecule has 0 spiro atoms. The average Bonchev–Trinajstić information content (AvgIpc) is 2.48. The van der Waals surface area contributed by atoms with Gasteiger partial charge in [-0.25, -0.2) is 0 Å². The Morgan fingerprint density at radius 1 is 1.53 bits per heavy atom. The van der Waals surface area contributed by atoms with Crippen LogP contribution < -0.4 is 0 Å². The molecule has 1 rings (SSSR count). The van der Waals surface area contributed by atoms with E-state index in [4.69, 9.17) is 12.2 Å². The number of nitrogens with one attached hydrogen (secondary N) is 1. The fraction of sp³-hybridized carbons (Fsp3) is 0.800. The minimum Gasteiger partial charge on any atom is -0.303 e. The first-order chi connectivity index (χ1) is 6.87. The van der Waals surface area contributed by atoms with Gasteiger partial charge in [-0.2, -0.15) is 16.9 Å². The second-order valence-corrected chi connectivity index (χ2v) is 6.49. The summed E-state index contributed by atoms with van der Waals surface area (Å²) in [7, 11) is 0. The van der Waals surface area contributed by atoms with Crippen molar-refractivity contribution < 1.29 is 0 Å². The molecule has 0 aliphatic heterocycles. The molecule has 0 saturated carbocycles. The van der Waals surface area contributed by atoms with Gasteiger partial charge in [0.1, 0.15) is 5.82 Å². The molecule has 0 unspecified atom stereocenters. The van der Waals surface area contributed by atoms with E-state index in [0.29, 0.717) is 5.92 Å². The second kappa shape index (κ2) is 4.70. The minimum atomic E-state index is 0.186. The molecule has 0 fully saturated rings. The van der Waals surface area contributed by atoms with Crippen molar-refractivity contribution in [2.75, 3.05) is 6.26 Å². The van der Waals surface area contributed by atoms with Crippen LogP contribution in [0, 0.1) is 4.77 Å². The lowest BCUT2D eigenvalue weighted by atomic mass is 10.1. The average molecular weight is 245 g/mol. The van der Waals surface area contributed by atoms with Crippen LogP contribution in [0.25, 0.3) is 0 Å². The van der Waals surface area contributed by atoms with E-state index in [1.165, 1.54) is 0 Å². The lowest BCUT2D eigenvalue weighted by molar-refractivity contribution is 0.531. The molecule has 1 aromatic heterocycles. The number of nitrogens with zero attached hydrogens (tertiary/aromatic N) is 2. The molecule has 1 aromatic rings. The predicted molar refractivity (Wildman–Crippen MR) is 69.1 cm³/mol. The molecule has 0 atom stereocenters. The first-order valence-electron chi connectivity index (χ1n) is 5.07. The molecule has 0 saturated heterocycles. The van der Waals surface area contributed by atoms with Crippen LogP contribution in [0.5, 0.6) is 0 Å². The van der Waals surface area contributed by atoms with E-state index in [1.54, 1.807) is 0 Å². The number of aromatic nitrogens is 3. The van der Waals surface area contributed by atoms with Crippen molar-refractivity contribution >= 4 is 24.0 Å². The predicted octanol–water partition coefficient (Wildman–Crippen LogP) is 3.21. The quantitative estimate of drug-likeness (QED) is 0.827. The summed E-state index contributed by atoms with van der Waals surface area (Å²) in [4.78, 5) is 0. The van der Waals surface area contributed by atoms with Crippen molar-refractivity contribution in [3.05, 3.63) is 10.6 Å². The van der Waals surface area contributed by atoms with Crippen molar-refractivity contribution in [3.63, 3.8) is 0 Å². The zero-order valence-electron chi connectivity index (χ0n) is 10.00. The monoisotopic (exact) mass is 245 g/mol. The fourth-order valence-corrected chi connectivity index (χ4v) is 1.83. The highest BCUT2D eigenvalue weighted by Gasteiger charge is 2.20. The molecule has 3 nitrogen and oxygen atoms in total. The Bertz CT molecular complexity index is 376. The van der Waals surface area contributed by atoms with Crippen LogP contribution in [-0.2, 0) is 6.54 Å². The molecular formula is C10H19N3S2. The van der Waals surface area contributed by atoms with E-state index in [9.17, 15) is 0 Å². The van der Waals surface area contributed by atoms with Gasteiger partial charge in [0.05, 0.1) is 0 Å². The Morgan fingerprint density at radius 3 is 2.60 bits per heavy atom. The third-order valence-corrected chi connectivity index (χ3v) is 3.94. The van der Waals surface area contributed by atoms with Crippen LogP contribution in [0.2, 0.25) is 0 Å². The van der Waals surface area contributed by atoms with Gasteiger partial charge in [-0.1, -0.05) is 13.8 Å². The van der Waals surface area contributed by atoms with Crippen molar-refractivity contribution in [2.45, 2.75) is 44.9 Å². The van der Waals surface area contributed by atoms with E-state index in [1.807, 2.05) is 11.8 Å². The summed E-state index contributed by atoms with van der Waals surface area (Å²) in [6, 6.07) is 0. The van der Waals surface area contributed by atoms with Crippen LogP contribution in [-0.4, -0.2) is 25.8 Å². The third-order valence-electron chi connectivity index (χ3n) is 2.40. The van der Waals surface area contributed by atoms with Gasteiger partial charge in [0.25, 0.3) is 0 Å². The smallest absolute Gasteiger partial charge is 0.195 e. The summed E-state index contributed by atoms with van der Waals surface area (Å²) in [6.07, 6.45) is 2.12. The molecular weight excluding hydrogens is 226 g/mol. The van der Waals surface area contributed by atoms with Gasteiger partial charge in [-0.15, -0.1) is 0 Å². The van der Waals surface area contributed by atoms with Gasteiger partial charge in [-0.05, 0) is 32.3 Å². The van der Waals surface area contributed by atoms with E-state index in [0.717, 1.165) is 17.1 Å². The number of hydrogen-bond donors (Lipinski definition) is 1. The van der Waals surface area contributed by atoms with Gasteiger partial charge in [0.2, 0.25) is 0 Å². The van der Waals surface area contributed by atoms with Gasteiger partial charge < -0.3 is 4.57 Å². The molecule has 0 aliphatic rings. The third kappa shape index (κ3) is 3.08. The second-order valence-electron chi connectivity index (χ2n) is 4.59. The van der Waals surface area contributed by atoms with Crippen LogP contribution in [0.15, 0.2) is 0 Å². The molecule has 86 valence electrons. The molecule has 1 heterocycles. The largest absolute Gasteiger partial charge is 0.303 e. The normalized spacial score (nSPS) is 12.4.